The summed E-state index contributed by atoms with van der Waals surface area (Å²) in [7, 11) is 1.88. The van der Waals surface area contributed by atoms with Gasteiger partial charge in [0.05, 0.1) is 12.4 Å². The van der Waals surface area contributed by atoms with Crippen LogP contribution in [0, 0.1) is 13.8 Å². The molecule has 1 N–H and O–H groups in total. The predicted octanol–water partition coefficient (Wildman–Crippen LogP) is 4.70. The van der Waals surface area contributed by atoms with E-state index in [1.807, 2.05) is 68.8 Å². The summed E-state index contributed by atoms with van der Waals surface area (Å²) in [5.41, 5.74) is 3.00. The van der Waals surface area contributed by atoms with Crippen molar-refractivity contribution in [2.24, 2.45) is 7.05 Å². The maximum atomic E-state index is 12.3. The quantitative estimate of drug-likeness (QED) is 0.486. The van der Waals surface area contributed by atoms with Crippen molar-refractivity contribution in [2.75, 3.05) is 17.7 Å². The number of carbonyl (C=O) groups is 1. The van der Waals surface area contributed by atoms with Crippen molar-refractivity contribution in [2.45, 2.75) is 39.0 Å². The maximum Gasteiger partial charge on any atom is 0.234 e. The number of hydrogen-bond donors (Lipinski definition) is 1. The van der Waals surface area contributed by atoms with E-state index in [-0.39, 0.29) is 17.8 Å². The van der Waals surface area contributed by atoms with E-state index in [9.17, 15) is 4.79 Å². The average molecular weight is 441 g/mol. The lowest BCUT2D eigenvalue weighted by atomic mass is 10.1. The zero-order valence-electron chi connectivity index (χ0n) is 18.5. The van der Waals surface area contributed by atoms with Gasteiger partial charge in [-0.15, -0.1) is 10.2 Å². The lowest BCUT2D eigenvalue weighted by Gasteiger charge is -2.16. The van der Waals surface area contributed by atoms with Crippen molar-refractivity contribution < 1.29 is 14.3 Å². The summed E-state index contributed by atoms with van der Waals surface area (Å²) in [5.74, 6) is 2.42. The molecule has 0 spiro atoms. The Morgan fingerprint density at radius 3 is 2.58 bits per heavy atom. The molecule has 7 nitrogen and oxygen atoms in total. The zero-order valence-corrected chi connectivity index (χ0v) is 19.3. The highest BCUT2D eigenvalue weighted by atomic mass is 32.2. The molecule has 0 bridgehead atoms. The Kier molecular flexibility index (Phi) is 7.57. The van der Waals surface area contributed by atoms with Crippen molar-refractivity contribution in [1.29, 1.82) is 0 Å². The average Bonchev–Trinajstić information content (AvgIpc) is 3.10. The predicted molar refractivity (Wildman–Crippen MR) is 123 cm³/mol. The molecule has 0 aliphatic carbocycles. The summed E-state index contributed by atoms with van der Waals surface area (Å²) in [6, 6.07) is 13.4. The first kappa shape index (κ1) is 22.7. The van der Waals surface area contributed by atoms with Crippen LogP contribution in [0.5, 0.6) is 11.5 Å². The monoisotopic (exact) mass is 440 g/mol. The molecule has 164 valence electrons. The summed E-state index contributed by atoms with van der Waals surface area (Å²) < 4.78 is 13.4. The van der Waals surface area contributed by atoms with Gasteiger partial charge >= 0.3 is 0 Å². The lowest BCUT2D eigenvalue weighted by Crippen LogP contribution is -2.15. The van der Waals surface area contributed by atoms with Crippen molar-refractivity contribution in [1.82, 2.24) is 14.8 Å². The van der Waals surface area contributed by atoms with Crippen LogP contribution in [0.4, 0.5) is 5.69 Å². The molecule has 0 aliphatic heterocycles. The van der Waals surface area contributed by atoms with E-state index in [2.05, 4.69) is 28.5 Å². The molecule has 1 amide bonds. The van der Waals surface area contributed by atoms with Gasteiger partial charge in [-0.05, 0) is 63.6 Å². The van der Waals surface area contributed by atoms with Crippen LogP contribution >= 0.6 is 11.8 Å². The number of aromatic nitrogens is 3. The maximum absolute atomic E-state index is 12.3. The number of anilines is 1. The third-order valence-electron chi connectivity index (χ3n) is 4.65. The first-order chi connectivity index (χ1) is 14.9. The van der Waals surface area contributed by atoms with Crippen LogP contribution in [-0.2, 0) is 11.8 Å². The van der Waals surface area contributed by atoms with Gasteiger partial charge in [0.2, 0.25) is 5.91 Å². The van der Waals surface area contributed by atoms with Crippen molar-refractivity contribution >= 4 is 23.4 Å². The zero-order chi connectivity index (χ0) is 22.4. The molecular weight excluding hydrogens is 412 g/mol. The van der Waals surface area contributed by atoms with Crippen LogP contribution in [0.1, 0.15) is 36.9 Å². The Bertz CT molecular complexity index is 1030. The van der Waals surface area contributed by atoms with Gasteiger partial charge < -0.3 is 19.4 Å². The first-order valence-electron chi connectivity index (χ1n) is 10.2. The van der Waals surface area contributed by atoms with E-state index in [0.29, 0.717) is 17.6 Å². The van der Waals surface area contributed by atoms with Gasteiger partial charge in [0.25, 0.3) is 0 Å². The number of aryl methyl sites for hydroxylation is 2. The summed E-state index contributed by atoms with van der Waals surface area (Å²) in [4.78, 5) is 12.3. The normalized spacial score (nSPS) is 11.8. The van der Waals surface area contributed by atoms with Gasteiger partial charge in [0.15, 0.2) is 17.1 Å². The molecule has 1 aromatic heterocycles. The molecule has 3 rings (SSSR count). The van der Waals surface area contributed by atoms with E-state index >= 15 is 0 Å². The van der Waals surface area contributed by atoms with Gasteiger partial charge in [-0.25, -0.2) is 0 Å². The van der Waals surface area contributed by atoms with Crippen molar-refractivity contribution in [3.8, 4) is 11.5 Å². The second kappa shape index (κ2) is 10.3. The third kappa shape index (κ3) is 6.01. The molecule has 1 unspecified atom stereocenters. The Balaban J connectivity index is 1.56. The molecule has 0 radical (unpaired) electrons. The van der Waals surface area contributed by atoms with Gasteiger partial charge in [0.1, 0.15) is 11.5 Å². The molecule has 8 heteroatoms. The minimum Gasteiger partial charge on any atom is -0.494 e. The molecular formula is C23H28N4O3S. The van der Waals surface area contributed by atoms with Gasteiger partial charge in [-0.2, -0.15) is 0 Å². The number of ether oxygens (including phenoxy) is 2. The Labute approximate surface area is 187 Å². The summed E-state index contributed by atoms with van der Waals surface area (Å²) in [6.07, 6.45) is -0.272. The van der Waals surface area contributed by atoms with Crippen molar-refractivity contribution in [3.05, 3.63) is 59.4 Å². The number of amides is 1. The lowest BCUT2D eigenvalue weighted by molar-refractivity contribution is -0.113. The smallest absolute Gasteiger partial charge is 0.234 e. The minimum atomic E-state index is -0.272. The van der Waals surface area contributed by atoms with Crippen LogP contribution in [-0.4, -0.2) is 33.0 Å². The number of benzene rings is 2. The standard InChI is InChI=1S/C23H28N4O3S/c1-6-29-19-10-8-18(9-11-19)24-21(28)14-31-23-26-25-22(27(23)5)17(4)30-20-12-7-15(2)13-16(20)3/h7-13,17H,6,14H2,1-5H3,(H,24,28). The molecule has 3 aromatic rings. The van der Waals surface area contributed by atoms with Crippen molar-refractivity contribution in [3.63, 3.8) is 0 Å². The van der Waals surface area contributed by atoms with E-state index < -0.39 is 0 Å². The number of rotatable bonds is 9. The fraction of sp³-hybridized carbons (Fsp3) is 0.348. The molecule has 0 fully saturated rings. The summed E-state index contributed by atoms with van der Waals surface area (Å²) >= 11 is 1.33. The highest BCUT2D eigenvalue weighted by Crippen LogP contribution is 2.26. The van der Waals surface area contributed by atoms with Crippen LogP contribution in [0.3, 0.4) is 0 Å². The summed E-state index contributed by atoms with van der Waals surface area (Å²) in [6.45, 7) is 8.56. The highest BCUT2D eigenvalue weighted by Gasteiger charge is 2.18. The first-order valence-corrected chi connectivity index (χ1v) is 11.1. The largest absolute Gasteiger partial charge is 0.494 e. The van der Waals surface area contributed by atoms with E-state index in [4.69, 9.17) is 9.47 Å². The number of nitrogens with zero attached hydrogens (tertiary/aromatic N) is 3. The number of thioether (sulfide) groups is 1. The van der Waals surface area contributed by atoms with Gasteiger partial charge in [-0.1, -0.05) is 29.5 Å². The number of hydrogen-bond acceptors (Lipinski definition) is 6. The molecule has 0 saturated heterocycles. The summed E-state index contributed by atoms with van der Waals surface area (Å²) in [5, 5.41) is 12.0. The Morgan fingerprint density at radius 1 is 1.16 bits per heavy atom. The van der Waals surface area contributed by atoms with Crippen LogP contribution in [0.25, 0.3) is 0 Å². The number of carbonyl (C=O) groups excluding carboxylic acids is 1. The molecule has 1 heterocycles. The molecule has 0 saturated carbocycles. The second-order valence-corrected chi connectivity index (χ2v) is 8.17. The van der Waals surface area contributed by atoms with Crippen LogP contribution in [0.2, 0.25) is 0 Å². The fourth-order valence-electron chi connectivity index (χ4n) is 3.11. The molecule has 31 heavy (non-hydrogen) atoms. The Morgan fingerprint density at radius 2 is 1.90 bits per heavy atom. The van der Waals surface area contributed by atoms with Gasteiger partial charge in [0, 0.05) is 12.7 Å². The fourth-order valence-corrected chi connectivity index (χ4v) is 3.83. The topological polar surface area (TPSA) is 78.3 Å². The van der Waals surface area contributed by atoms with E-state index in [1.54, 1.807) is 0 Å². The van der Waals surface area contributed by atoms with Crippen LogP contribution in [0.15, 0.2) is 47.6 Å². The van der Waals surface area contributed by atoms with E-state index in [0.717, 1.165) is 22.7 Å². The number of nitrogens with one attached hydrogen (secondary N) is 1. The second-order valence-electron chi connectivity index (χ2n) is 7.22. The SMILES string of the molecule is CCOc1ccc(NC(=O)CSc2nnc(C(C)Oc3ccc(C)cc3C)n2C)cc1. The molecule has 1 atom stereocenters. The van der Waals surface area contributed by atoms with Gasteiger partial charge in [-0.3, -0.25) is 4.79 Å². The minimum absolute atomic E-state index is 0.113. The third-order valence-corrected chi connectivity index (χ3v) is 5.67. The Hall–Kier alpha value is -3.00. The van der Waals surface area contributed by atoms with E-state index in [1.165, 1.54) is 17.3 Å². The van der Waals surface area contributed by atoms with Crippen LogP contribution < -0.4 is 14.8 Å². The highest BCUT2D eigenvalue weighted by molar-refractivity contribution is 7.99. The molecule has 2 aromatic carbocycles. The molecule has 0 aliphatic rings.